The summed E-state index contributed by atoms with van der Waals surface area (Å²) in [6.45, 7) is 4.47. The molecule has 0 radical (unpaired) electrons. The zero-order valence-corrected chi connectivity index (χ0v) is 39.1. The van der Waals surface area contributed by atoms with Crippen LogP contribution in [0.2, 0.25) is 0 Å². The minimum absolute atomic E-state index is 0.0379. The first-order valence-corrected chi connectivity index (χ1v) is 23.5. The molecule has 61 heavy (non-hydrogen) atoms. The number of rotatable bonds is 40. The van der Waals surface area contributed by atoms with E-state index in [4.69, 9.17) is 14.2 Å². The van der Waals surface area contributed by atoms with E-state index in [1.807, 2.05) is 57.6 Å². The van der Waals surface area contributed by atoms with E-state index in [0.29, 0.717) is 19.3 Å². The zero-order chi connectivity index (χ0) is 44.9. The van der Waals surface area contributed by atoms with Crippen LogP contribution in [0.4, 0.5) is 0 Å². The molecule has 0 rings (SSSR count). The fraction of sp³-hybridized carbons (Fsp3) is 0.604. The molecule has 0 fully saturated rings. The smallest absolute Gasteiger partial charge is 0.362 e. The largest absolute Gasteiger partial charge is 0.477 e. The number of hydrogen-bond acceptors (Lipinski definition) is 6. The van der Waals surface area contributed by atoms with Gasteiger partial charge in [0.05, 0.1) is 34.4 Å². The second-order valence-electron chi connectivity index (χ2n) is 16.4. The second kappa shape index (κ2) is 42.7. The highest BCUT2D eigenvalue weighted by Crippen LogP contribution is 2.13. The van der Waals surface area contributed by atoms with E-state index in [1.165, 1.54) is 19.3 Å². The zero-order valence-electron chi connectivity index (χ0n) is 39.1. The van der Waals surface area contributed by atoms with Gasteiger partial charge in [0.15, 0.2) is 12.1 Å². The number of likely N-dealkylation sites (N-methyl/N-ethyl adjacent to an activating group) is 1. The number of hydrogen-bond donors (Lipinski definition) is 1. The average Bonchev–Trinajstić information content (AvgIpc) is 3.22. The molecule has 8 nitrogen and oxygen atoms in total. The Morgan fingerprint density at radius 2 is 0.984 bits per heavy atom. The molecule has 0 spiro atoms. The molecule has 8 heteroatoms. The number of unbranched alkanes of at least 4 members (excludes halogenated alkanes) is 12. The summed E-state index contributed by atoms with van der Waals surface area (Å²) in [5.41, 5.74) is 0. The van der Waals surface area contributed by atoms with Crippen molar-refractivity contribution in [3.05, 3.63) is 109 Å². The summed E-state index contributed by atoms with van der Waals surface area (Å²) >= 11 is 0. The summed E-state index contributed by atoms with van der Waals surface area (Å²) < 4.78 is 17.3. The Bertz CT molecular complexity index is 1360. The van der Waals surface area contributed by atoms with Crippen LogP contribution in [0.25, 0.3) is 0 Å². The van der Waals surface area contributed by atoms with Gasteiger partial charge in [-0.2, -0.15) is 0 Å². The van der Waals surface area contributed by atoms with E-state index in [-0.39, 0.29) is 36.2 Å². The minimum Gasteiger partial charge on any atom is -0.477 e. The van der Waals surface area contributed by atoms with Crippen molar-refractivity contribution in [3.63, 3.8) is 0 Å². The highest BCUT2D eigenvalue weighted by Gasteiger charge is 2.31. The molecule has 0 aliphatic carbocycles. The normalized spacial score (nSPS) is 13.9. The number of esters is 2. The lowest BCUT2D eigenvalue weighted by Crippen LogP contribution is -2.50. The van der Waals surface area contributed by atoms with E-state index >= 15 is 0 Å². The van der Waals surface area contributed by atoms with Gasteiger partial charge in [-0.25, -0.2) is 4.79 Å². The molecule has 0 saturated heterocycles. The maximum Gasteiger partial charge on any atom is 0.362 e. The Hall–Kier alpha value is -4.01. The van der Waals surface area contributed by atoms with Crippen LogP contribution in [0.3, 0.4) is 0 Å². The van der Waals surface area contributed by atoms with Crippen LogP contribution in [0, 0.1) is 0 Å². The predicted octanol–water partition coefficient (Wildman–Crippen LogP) is 13.2. The molecular formula is C53H86NO7+. The first kappa shape index (κ1) is 57.0. The number of carbonyl (C=O) groups excluding carboxylic acids is 2. The summed E-state index contributed by atoms with van der Waals surface area (Å²) in [5.74, 6) is -1.53. The van der Waals surface area contributed by atoms with Crippen LogP contribution in [0.15, 0.2) is 109 Å². The van der Waals surface area contributed by atoms with Gasteiger partial charge in [-0.05, 0) is 70.6 Å². The standard InChI is InChI=1S/C53H85NO7/c1-6-8-10-12-14-16-18-20-22-24-26-28-29-31-33-35-37-39-41-43-51(55)60-48-49(47-59-46-45-50(53(57)58)54(3,4)5)61-52(56)44-42-40-38-36-34-32-30-27-25-23-21-19-17-15-13-11-9-7-2/h8,10-11,13-17,19-23,25-28,30,49-50H,6-7,9,12,18,24,29,31-48H2,1-5H3/p+1/b10-8+,13-11+,16-14+,17-15+,21-19+,22-20+,25-23+,28-26+,30-27+. The van der Waals surface area contributed by atoms with E-state index in [0.717, 1.165) is 103 Å². The number of nitrogens with zero attached hydrogens (tertiary/aromatic N) is 1. The number of aliphatic carboxylic acids is 1. The van der Waals surface area contributed by atoms with Gasteiger partial charge in [0, 0.05) is 19.3 Å². The quantitative estimate of drug-likeness (QED) is 0.0215. The number of carboxylic acid groups (broad SMARTS) is 1. The predicted molar refractivity (Wildman–Crippen MR) is 256 cm³/mol. The van der Waals surface area contributed by atoms with E-state index in [2.05, 4.69) is 86.8 Å². The molecule has 0 aromatic rings. The minimum atomic E-state index is -0.887. The molecule has 0 heterocycles. The SMILES string of the molecule is CC/C=C/C/C=C/C/C=C/C/C=C/CCCCCCCCC(=O)OCC(COCCC(C(=O)O)[N+](C)(C)C)OC(=O)CCCCCCC/C=C/C=C/C=C/C=C/C=C/CCC. The Balaban J connectivity index is 4.42. The number of carboxylic acids is 1. The van der Waals surface area contributed by atoms with Crippen molar-refractivity contribution in [1.82, 2.24) is 0 Å². The van der Waals surface area contributed by atoms with Crippen molar-refractivity contribution in [3.8, 4) is 0 Å². The first-order valence-electron chi connectivity index (χ1n) is 23.5. The van der Waals surface area contributed by atoms with E-state index in [1.54, 1.807) is 0 Å². The lowest BCUT2D eigenvalue weighted by atomic mass is 10.1. The maximum absolute atomic E-state index is 12.8. The molecule has 344 valence electrons. The third-order valence-corrected chi connectivity index (χ3v) is 9.77. The molecule has 2 atom stereocenters. The summed E-state index contributed by atoms with van der Waals surface area (Å²) in [6.07, 6.45) is 58.4. The summed E-state index contributed by atoms with van der Waals surface area (Å²) in [4.78, 5) is 37.1. The van der Waals surface area contributed by atoms with Gasteiger partial charge in [-0.1, -0.05) is 175 Å². The van der Waals surface area contributed by atoms with Crippen LogP contribution >= 0.6 is 0 Å². The van der Waals surface area contributed by atoms with Crippen molar-refractivity contribution in [1.29, 1.82) is 0 Å². The molecule has 2 unspecified atom stereocenters. The van der Waals surface area contributed by atoms with Crippen molar-refractivity contribution >= 4 is 17.9 Å². The van der Waals surface area contributed by atoms with Crippen molar-refractivity contribution in [2.75, 3.05) is 41.0 Å². The van der Waals surface area contributed by atoms with Gasteiger partial charge in [0.25, 0.3) is 0 Å². The van der Waals surface area contributed by atoms with Crippen molar-refractivity contribution < 1.29 is 38.2 Å². The lowest BCUT2D eigenvalue weighted by Gasteiger charge is -2.31. The van der Waals surface area contributed by atoms with E-state index in [9.17, 15) is 19.5 Å². The second-order valence-corrected chi connectivity index (χ2v) is 16.4. The third kappa shape index (κ3) is 41.1. The van der Waals surface area contributed by atoms with Gasteiger partial charge in [-0.3, -0.25) is 9.59 Å². The summed E-state index contributed by atoms with van der Waals surface area (Å²) in [5, 5.41) is 9.64. The number of ether oxygens (including phenoxy) is 3. The summed E-state index contributed by atoms with van der Waals surface area (Å²) in [7, 11) is 5.50. The van der Waals surface area contributed by atoms with Crippen LogP contribution in [-0.4, -0.2) is 80.6 Å². The van der Waals surface area contributed by atoms with Crippen LogP contribution < -0.4 is 0 Å². The van der Waals surface area contributed by atoms with Crippen LogP contribution in [0.1, 0.15) is 155 Å². The molecule has 0 amide bonds. The molecule has 0 aromatic heterocycles. The fourth-order valence-electron chi connectivity index (χ4n) is 6.17. The van der Waals surface area contributed by atoms with Gasteiger partial charge in [0.1, 0.15) is 6.61 Å². The maximum atomic E-state index is 12.8. The lowest BCUT2D eigenvalue weighted by molar-refractivity contribution is -0.887. The van der Waals surface area contributed by atoms with Gasteiger partial charge >= 0.3 is 17.9 Å². The molecule has 0 bridgehead atoms. The molecule has 0 aliphatic heterocycles. The third-order valence-electron chi connectivity index (χ3n) is 9.77. The van der Waals surface area contributed by atoms with Gasteiger partial charge in [0.2, 0.25) is 0 Å². The van der Waals surface area contributed by atoms with Gasteiger partial charge in [-0.15, -0.1) is 0 Å². The Morgan fingerprint density at radius 3 is 1.51 bits per heavy atom. The van der Waals surface area contributed by atoms with Crippen molar-refractivity contribution in [2.24, 2.45) is 0 Å². The molecular weight excluding hydrogens is 763 g/mol. The van der Waals surface area contributed by atoms with E-state index < -0.39 is 18.1 Å². The molecule has 1 N–H and O–H groups in total. The highest BCUT2D eigenvalue weighted by molar-refractivity contribution is 5.72. The summed E-state index contributed by atoms with van der Waals surface area (Å²) in [6, 6.07) is -0.629. The van der Waals surface area contributed by atoms with Gasteiger partial charge < -0.3 is 23.8 Å². The topological polar surface area (TPSA) is 99.1 Å². The number of allylic oxidation sites excluding steroid dienone is 18. The molecule has 0 aromatic carbocycles. The van der Waals surface area contributed by atoms with Crippen LogP contribution in [0.5, 0.6) is 0 Å². The number of carbonyl (C=O) groups is 3. The monoisotopic (exact) mass is 849 g/mol. The molecule has 0 aliphatic rings. The average molecular weight is 849 g/mol. The Morgan fingerprint density at radius 1 is 0.525 bits per heavy atom. The fourth-order valence-corrected chi connectivity index (χ4v) is 6.17. The van der Waals surface area contributed by atoms with Crippen molar-refractivity contribution in [2.45, 2.75) is 167 Å². The molecule has 0 saturated carbocycles. The first-order chi connectivity index (χ1) is 29.6. The Kier molecular flexibility index (Phi) is 39.9. The Labute approximate surface area is 372 Å². The highest BCUT2D eigenvalue weighted by atomic mass is 16.6. The van der Waals surface area contributed by atoms with Crippen LogP contribution in [-0.2, 0) is 28.6 Å². The number of quaternary nitrogens is 1.